The van der Waals surface area contributed by atoms with Gasteiger partial charge >= 0.3 is 6.01 Å². The Balaban J connectivity index is 1.97. The molecule has 0 saturated heterocycles. The van der Waals surface area contributed by atoms with Crippen LogP contribution in [0.1, 0.15) is 18.9 Å². The molecule has 1 heterocycles. The largest absolute Gasteiger partial charge is 0.421 e. The van der Waals surface area contributed by atoms with Crippen molar-refractivity contribution in [2.45, 2.75) is 19.9 Å². The second kappa shape index (κ2) is 6.80. The van der Waals surface area contributed by atoms with Crippen LogP contribution in [-0.2, 0) is 6.54 Å². The molecular weight excluding hydrogens is 245 g/mol. The lowest BCUT2D eigenvalue weighted by molar-refractivity contribution is 0.410. The zero-order valence-electron chi connectivity index (χ0n) is 10.8. The lowest BCUT2D eigenvalue weighted by Gasteiger charge is -2.06. The van der Waals surface area contributed by atoms with Crippen molar-refractivity contribution in [1.82, 2.24) is 15.3 Å². The van der Waals surface area contributed by atoms with E-state index in [2.05, 4.69) is 22.2 Å². The van der Waals surface area contributed by atoms with E-state index in [4.69, 9.17) is 4.74 Å². The molecule has 0 atom stereocenters. The molecule has 2 rings (SSSR count). The molecule has 100 valence electrons. The van der Waals surface area contributed by atoms with Gasteiger partial charge in [0.15, 0.2) is 11.6 Å². The number of nitrogens with one attached hydrogen (secondary N) is 1. The highest BCUT2D eigenvalue weighted by Crippen LogP contribution is 2.20. The second-order valence-corrected chi connectivity index (χ2v) is 4.08. The SMILES string of the molecule is CCCNCc1cnc(Oc2ccccc2F)nc1. The molecule has 1 aromatic carbocycles. The van der Waals surface area contributed by atoms with E-state index in [0.29, 0.717) is 6.54 Å². The van der Waals surface area contributed by atoms with Crippen molar-refractivity contribution in [2.75, 3.05) is 6.54 Å². The zero-order valence-corrected chi connectivity index (χ0v) is 10.8. The van der Waals surface area contributed by atoms with Gasteiger partial charge in [0.05, 0.1) is 0 Å². The third kappa shape index (κ3) is 3.99. The van der Waals surface area contributed by atoms with Crippen LogP contribution in [0.3, 0.4) is 0 Å². The first-order valence-electron chi connectivity index (χ1n) is 6.23. The van der Waals surface area contributed by atoms with E-state index in [1.807, 2.05) is 0 Å². The fraction of sp³-hybridized carbons (Fsp3) is 0.286. The van der Waals surface area contributed by atoms with Gasteiger partial charge in [-0.3, -0.25) is 0 Å². The number of nitrogens with zero attached hydrogens (tertiary/aromatic N) is 2. The maximum atomic E-state index is 13.4. The van der Waals surface area contributed by atoms with Gasteiger partial charge in [0.1, 0.15) is 0 Å². The third-order valence-corrected chi connectivity index (χ3v) is 2.48. The summed E-state index contributed by atoms with van der Waals surface area (Å²) in [5, 5.41) is 3.25. The minimum atomic E-state index is -0.431. The third-order valence-electron chi connectivity index (χ3n) is 2.48. The second-order valence-electron chi connectivity index (χ2n) is 4.08. The van der Waals surface area contributed by atoms with Crippen LogP contribution in [0, 0.1) is 5.82 Å². The Bertz CT molecular complexity index is 516. The van der Waals surface area contributed by atoms with Crippen LogP contribution in [0.15, 0.2) is 36.7 Å². The number of hydrogen-bond acceptors (Lipinski definition) is 4. The van der Waals surface area contributed by atoms with Crippen molar-refractivity contribution in [3.8, 4) is 11.8 Å². The smallest absolute Gasteiger partial charge is 0.321 e. The molecule has 0 saturated carbocycles. The number of para-hydroxylation sites is 1. The molecule has 4 nitrogen and oxygen atoms in total. The van der Waals surface area contributed by atoms with Crippen molar-refractivity contribution >= 4 is 0 Å². The predicted molar refractivity (Wildman–Crippen MR) is 70.5 cm³/mol. The van der Waals surface area contributed by atoms with Crippen molar-refractivity contribution < 1.29 is 9.13 Å². The first-order valence-corrected chi connectivity index (χ1v) is 6.23. The van der Waals surface area contributed by atoms with E-state index < -0.39 is 5.82 Å². The van der Waals surface area contributed by atoms with Gasteiger partial charge in [0.25, 0.3) is 0 Å². The average Bonchev–Trinajstić information content (AvgIpc) is 2.44. The van der Waals surface area contributed by atoms with Crippen molar-refractivity contribution in [1.29, 1.82) is 0 Å². The first-order chi connectivity index (χ1) is 9.29. The Kier molecular flexibility index (Phi) is 4.80. The van der Waals surface area contributed by atoms with Crippen molar-refractivity contribution in [2.24, 2.45) is 0 Å². The van der Waals surface area contributed by atoms with Gasteiger partial charge in [-0.05, 0) is 25.1 Å². The summed E-state index contributed by atoms with van der Waals surface area (Å²) in [6.45, 7) is 3.77. The molecule has 0 aliphatic rings. The van der Waals surface area contributed by atoms with Gasteiger partial charge in [0, 0.05) is 24.5 Å². The van der Waals surface area contributed by atoms with E-state index in [9.17, 15) is 4.39 Å². The normalized spacial score (nSPS) is 10.4. The van der Waals surface area contributed by atoms with Gasteiger partial charge in [-0.25, -0.2) is 14.4 Å². The summed E-state index contributed by atoms with van der Waals surface area (Å²) < 4.78 is 18.6. The summed E-state index contributed by atoms with van der Waals surface area (Å²) >= 11 is 0. The summed E-state index contributed by atoms with van der Waals surface area (Å²) in [6.07, 6.45) is 4.42. The highest BCUT2D eigenvalue weighted by molar-refractivity contribution is 5.26. The summed E-state index contributed by atoms with van der Waals surface area (Å²) in [4.78, 5) is 8.11. The van der Waals surface area contributed by atoms with Crippen LogP contribution < -0.4 is 10.1 Å². The molecule has 5 heteroatoms. The molecular formula is C14H16FN3O. The van der Waals surface area contributed by atoms with Crippen LogP contribution in [0.25, 0.3) is 0 Å². The Hall–Kier alpha value is -2.01. The standard InChI is InChI=1S/C14H16FN3O/c1-2-7-16-8-11-9-17-14(18-10-11)19-13-6-4-3-5-12(13)15/h3-6,9-10,16H,2,7-8H2,1H3. The minimum Gasteiger partial charge on any atom is -0.421 e. The molecule has 0 spiro atoms. The van der Waals surface area contributed by atoms with Crippen molar-refractivity contribution in [3.63, 3.8) is 0 Å². The van der Waals surface area contributed by atoms with Gasteiger partial charge in [0.2, 0.25) is 0 Å². The molecule has 1 aromatic heterocycles. The maximum absolute atomic E-state index is 13.4. The van der Waals surface area contributed by atoms with Gasteiger partial charge in [-0.15, -0.1) is 0 Å². The predicted octanol–water partition coefficient (Wildman–Crippen LogP) is 2.91. The number of benzene rings is 1. The molecule has 0 amide bonds. The lowest BCUT2D eigenvalue weighted by atomic mass is 10.3. The maximum Gasteiger partial charge on any atom is 0.321 e. The summed E-state index contributed by atoms with van der Waals surface area (Å²) in [5.41, 5.74) is 0.967. The highest BCUT2D eigenvalue weighted by Gasteiger charge is 2.05. The summed E-state index contributed by atoms with van der Waals surface area (Å²) in [7, 11) is 0. The van der Waals surface area contributed by atoms with Crippen LogP contribution >= 0.6 is 0 Å². The first kappa shape index (κ1) is 13.4. The van der Waals surface area contributed by atoms with E-state index in [-0.39, 0.29) is 11.8 Å². The number of ether oxygens (including phenoxy) is 1. The van der Waals surface area contributed by atoms with E-state index in [1.165, 1.54) is 12.1 Å². The van der Waals surface area contributed by atoms with E-state index in [1.54, 1.807) is 24.5 Å². The Morgan fingerprint density at radius 3 is 2.63 bits per heavy atom. The minimum absolute atomic E-state index is 0.124. The molecule has 0 radical (unpaired) electrons. The molecule has 19 heavy (non-hydrogen) atoms. The molecule has 0 unspecified atom stereocenters. The molecule has 0 bridgehead atoms. The molecule has 1 N–H and O–H groups in total. The zero-order chi connectivity index (χ0) is 13.5. The Morgan fingerprint density at radius 1 is 1.21 bits per heavy atom. The number of halogens is 1. The number of aromatic nitrogens is 2. The lowest BCUT2D eigenvalue weighted by Crippen LogP contribution is -2.14. The van der Waals surface area contributed by atoms with E-state index in [0.717, 1.165) is 18.5 Å². The fourth-order valence-electron chi connectivity index (χ4n) is 1.52. The van der Waals surface area contributed by atoms with E-state index >= 15 is 0 Å². The fourth-order valence-corrected chi connectivity index (χ4v) is 1.52. The summed E-state index contributed by atoms with van der Waals surface area (Å²) in [6, 6.07) is 6.31. The number of hydrogen-bond donors (Lipinski definition) is 1. The molecule has 2 aromatic rings. The topological polar surface area (TPSA) is 47.0 Å². The van der Waals surface area contributed by atoms with Gasteiger partial charge in [-0.2, -0.15) is 0 Å². The molecule has 0 aliphatic heterocycles. The average molecular weight is 261 g/mol. The van der Waals surface area contributed by atoms with Gasteiger partial charge in [-0.1, -0.05) is 19.1 Å². The van der Waals surface area contributed by atoms with Gasteiger partial charge < -0.3 is 10.1 Å². The Morgan fingerprint density at radius 2 is 1.95 bits per heavy atom. The summed E-state index contributed by atoms with van der Waals surface area (Å²) in [5.74, 6) is -0.306. The van der Waals surface area contributed by atoms with Crippen LogP contribution in [-0.4, -0.2) is 16.5 Å². The monoisotopic (exact) mass is 261 g/mol. The molecule has 0 fully saturated rings. The highest BCUT2D eigenvalue weighted by atomic mass is 19.1. The molecule has 0 aliphatic carbocycles. The Labute approximate surface area is 111 Å². The number of rotatable bonds is 6. The quantitative estimate of drug-likeness (QED) is 0.812. The van der Waals surface area contributed by atoms with Crippen molar-refractivity contribution in [3.05, 3.63) is 48.0 Å². The van der Waals surface area contributed by atoms with Crippen LogP contribution in [0.5, 0.6) is 11.8 Å². The van der Waals surface area contributed by atoms with Crippen LogP contribution in [0.2, 0.25) is 0 Å². The van der Waals surface area contributed by atoms with Crippen LogP contribution in [0.4, 0.5) is 4.39 Å².